The van der Waals surface area contributed by atoms with Crippen molar-refractivity contribution in [2.45, 2.75) is 45.8 Å². The van der Waals surface area contributed by atoms with Gasteiger partial charge in [0.05, 0.1) is 17.0 Å². The Kier molecular flexibility index (Phi) is 6.17. The third-order valence-corrected chi connectivity index (χ3v) is 7.86. The molecule has 0 bridgehead atoms. The lowest BCUT2D eigenvalue weighted by Crippen LogP contribution is -2.72. The number of hydrogen-bond donors (Lipinski definition) is 2. The monoisotopic (exact) mass is 504 g/mol. The molecule has 2 saturated heterocycles. The number of likely N-dealkylation sites (N-methyl/N-ethyl adjacent to an activating group) is 1. The maximum absolute atomic E-state index is 10.0. The van der Waals surface area contributed by atoms with Crippen LogP contribution in [-0.4, -0.2) is 83.7 Å². The zero-order chi connectivity index (χ0) is 25.7. The van der Waals surface area contributed by atoms with E-state index in [1.54, 1.807) is 7.05 Å². The van der Waals surface area contributed by atoms with Crippen molar-refractivity contribution in [2.75, 3.05) is 51.3 Å². The third-order valence-electron chi connectivity index (χ3n) is 7.86. The summed E-state index contributed by atoms with van der Waals surface area (Å²) in [4.78, 5) is 15.2. The SMILES string of the molecule is CNCC(O)COc1cccc(-c2nc(-c3c(C)noc3C)c(C)c(N3CC4(C3)CN(C3CC3)C4)n2)c1. The van der Waals surface area contributed by atoms with Gasteiger partial charge in [0.1, 0.15) is 30.0 Å². The van der Waals surface area contributed by atoms with E-state index in [2.05, 4.69) is 27.2 Å². The lowest BCUT2D eigenvalue weighted by atomic mass is 9.72. The molecule has 9 heteroatoms. The van der Waals surface area contributed by atoms with E-state index in [4.69, 9.17) is 19.2 Å². The van der Waals surface area contributed by atoms with Crippen molar-refractivity contribution in [1.82, 2.24) is 25.3 Å². The highest BCUT2D eigenvalue weighted by Crippen LogP contribution is 2.47. The Bertz CT molecular complexity index is 1270. The minimum Gasteiger partial charge on any atom is -0.491 e. The van der Waals surface area contributed by atoms with Crippen LogP contribution in [0.5, 0.6) is 5.75 Å². The molecule has 196 valence electrons. The van der Waals surface area contributed by atoms with Gasteiger partial charge >= 0.3 is 0 Å². The molecule has 3 fully saturated rings. The predicted octanol–water partition coefficient (Wildman–Crippen LogP) is 2.97. The smallest absolute Gasteiger partial charge is 0.162 e. The number of benzene rings is 1. The fraction of sp³-hybridized carbons (Fsp3) is 0.536. The maximum atomic E-state index is 10.0. The maximum Gasteiger partial charge on any atom is 0.162 e. The number of anilines is 1. The molecule has 0 radical (unpaired) electrons. The van der Waals surface area contributed by atoms with Gasteiger partial charge in [0.25, 0.3) is 0 Å². The highest BCUT2D eigenvalue weighted by atomic mass is 16.5. The summed E-state index contributed by atoms with van der Waals surface area (Å²) in [6, 6.07) is 8.61. The topological polar surface area (TPSA) is 99.8 Å². The minimum atomic E-state index is -0.580. The van der Waals surface area contributed by atoms with Gasteiger partial charge < -0.3 is 24.6 Å². The van der Waals surface area contributed by atoms with Gasteiger partial charge in [-0.05, 0) is 52.8 Å². The van der Waals surface area contributed by atoms with E-state index in [-0.39, 0.29) is 6.61 Å². The van der Waals surface area contributed by atoms with Crippen LogP contribution in [0, 0.1) is 26.2 Å². The lowest BCUT2D eigenvalue weighted by molar-refractivity contribution is -0.0278. The summed E-state index contributed by atoms with van der Waals surface area (Å²) in [5.74, 6) is 3.05. The van der Waals surface area contributed by atoms with Crippen molar-refractivity contribution in [3.8, 4) is 28.4 Å². The number of nitrogens with one attached hydrogen (secondary N) is 1. The van der Waals surface area contributed by atoms with E-state index in [1.807, 2.05) is 38.1 Å². The standard InChI is InChI=1S/C28H36N6O3/c1-17-25(24-18(2)32-37-19(24)3)30-26(20-6-5-7-23(10-20)36-12-22(35)11-29-4)31-27(17)34-15-28(16-34)13-33(14-28)21-8-9-21/h5-7,10,21-22,29,35H,8-9,11-16H2,1-4H3. The molecule has 4 heterocycles. The van der Waals surface area contributed by atoms with Crippen LogP contribution in [0.3, 0.4) is 0 Å². The molecule has 2 aromatic heterocycles. The molecule has 6 rings (SSSR count). The number of aliphatic hydroxyl groups excluding tert-OH is 1. The molecule has 3 aromatic rings. The fourth-order valence-electron chi connectivity index (χ4n) is 5.84. The minimum absolute atomic E-state index is 0.211. The predicted molar refractivity (Wildman–Crippen MR) is 142 cm³/mol. The molecule has 1 saturated carbocycles. The summed E-state index contributed by atoms with van der Waals surface area (Å²) < 4.78 is 11.4. The number of aromatic nitrogens is 3. The second kappa shape index (κ2) is 9.38. The van der Waals surface area contributed by atoms with Crippen LogP contribution in [0.25, 0.3) is 22.6 Å². The summed E-state index contributed by atoms with van der Waals surface area (Å²) in [5.41, 5.74) is 4.95. The normalized spacial score (nSPS) is 19.5. The molecular formula is C28H36N6O3. The molecule has 1 atom stereocenters. The molecule has 2 aliphatic heterocycles. The first-order valence-corrected chi connectivity index (χ1v) is 13.2. The zero-order valence-electron chi connectivity index (χ0n) is 22.1. The number of ether oxygens (including phenoxy) is 1. The van der Waals surface area contributed by atoms with E-state index in [9.17, 15) is 5.11 Å². The van der Waals surface area contributed by atoms with Gasteiger partial charge in [-0.2, -0.15) is 0 Å². The number of rotatable bonds is 9. The summed E-state index contributed by atoms with van der Waals surface area (Å²) in [5, 5.41) is 17.2. The van der Waals surface area contributed by atoms with Crippen molar-refractivity contribution in [3.05, 3.63) is 41.3 Å². The van der Waals surface area contributed by atoms with Gasteiger partial charge in [-0.25, -0.2) is 9.97 Å². The van der Waals surface area contributed by atoms with Crippen LogP contribution < -0.4 is 15.0 Å². The molecule has 3 aliphatic rings. The van der Waals surface area contributed by atoms with Gasteiger partial charge in [0.2, 0.25) is 0 Å². The fourth-order valence-corrected chi connectivity index (χ4v) is 5.84. The Morgan fingerprint density at radius 1 is 1.16 bits per heavy atom. The Morgan fingerprint density at radius 3 is 2.62 bits per heavy atom. The first-order chi connectivity index (χ1) is 17.9. The number of aliphatic hydroxyl groups is 1. The van der Waals surface area contributed by atoms with Crippen molar-refractivity contribution < 1.29 is 14.4 Å². The molecular weight excluding hydrogens is 468 g/mol. The molecule has 9 nitrogen and oxygen atoms in total. The molecule has 37 heavy (non-hydrogen) atoms. The largest absolute Gasteiger partial charge is 0.491 e. The van der Waals surface area contributed by atoms with E-state index < -0.39 is 6.10 Å². The van der Waals surface area contributed by atoms with Crippen LogP contribution in [-0.2, 0) is 0 Å². The highest BCUT2D eigenvalue weighted by Gasteiger charge is 2.55. The summed E-state index contributed by atoms with van der Waals surface area (Å²) in [6.45, 7) is 11.1. The van der Waals surface area contributed by atoms with Gasteiger partial charge in [-0.1, -0.05) is 17.3 Å². The number of hydrogen-bond acceptors (Lipinski definition) is 9. The average molecular weight is 505 g/mol. The summed E-state index contributed by atoms with van der Waals surface area (Å²) in [7, 11) is 1.81. The molecule has 2 N–H and O–H groups in total. The Labute approximate surface area is 217 Å². The van der Waals surface area contributed by atoms with E-state index in [0.29, 0.717) is 23.5 Å². The lowest BCUT2D eigenvalue weighted by Gasteiger charge is -2.61. The van der Waals surface area contributed by atoms with Crippen molar-refractivity contribution in [2.24, 2.45) is 5.41 Å². The molecule has 1 unspecified atom stereocenters. The van der Waals surface area contributed by atoms with Gasteiger partial charge in [-0.3, -0.25) is 4.90 Å². The van der Waals surface area contributed by atoms with E-state index in [1.165, 1.54) is 25.9 Å². The van der Waals surface area contributed by atoms with Crippen LogP contribution in [0.15, 0.2) is 28.8 Å². The number of nitrogens with zero attached hydrogens (tertiary/aromatic N) is 5. The quantitative estimate of drug-likeness (QED) is 0.456. The molecule has 1 aromatic carbocycles. The Balaban J connectivity index is 1.31. The zero-order valence-corrected chi connectivity index (χ0v) is 22.1. The van der Waals surface area contributed by atoms with Gasteiger partial charge in [0.15, 0.2) is 5.82 Å². The molecule has 0 amide bonds. The van der Waals surface area contributed by atoms with Gasteiger partial charge in [0, 0.05) is 55.3 Å². The van der Waals surface area contributed by atoms with Crippen molar-refractivity contribution in [1.29, 1.82) is 0 Å². The second-order valence-corrected chi connectivity index (χ2v) is 11.1. The summed E-state index contributed by atoms with van der Waals surface area (Å²) >= 11 is 0. The molecule has 1 aliphatic carbocycles. The highest BCUT2D eigenvalue weighted by molar-refractivity contribution is 5.75. The second-order valence-electron chi connectivity index (χ2n) is 11.1. The van der Waals surface area contributed by atoms with E-state index >= 15 is 0 Å². The third kappa shape index (κ3) is 4.60. The van der Waals surface area contributed by atoms with Crippen molar-refractivity contribution in [3.63, 3.8) is 0 Å². The van der Waals surface area contributed by atoms with E-state index in [0.717, 1.165) is 58.8 Å². The Hall–Kier alpha value is -3.01. The number of likely N-dealkylation sites (tertiary alicyclic amines) is 1. The summed E-state index contributed by atoms with van der Waals surface area (Å²) in [6.07, 6.45) is 2.15. The van der Waals surface area contributed by atoms with Crippen LogP contribution in [0.1, 0.15) is 29.9 Å². The first kappa shape index (κ1) is 24.3. The van der Waals surface area contributed by atoms with Crippen LogP contribution >= 0.6 is 0 Å². The van der Waals surface area contributed by atoms with Crippen molar-refractivity contribution >= 4 is 5.82 Å². The molecule has 1 spiro atoms. The van der Waals surface area contributed by atoms with Gasteiger partial charge in [-0.15, -0.1) is 0 Å². The average Bonchev–Trinajstić information content (AvgIpc) is 3.61. The van der Waals surface area contributed by atoms with Crippen LogP contribution in [0.4, 0.5) is 5.82 Å². The number of aryl methyl sites for hydroxylation is 2. The Morgan fingerprint density at radius 2 is 1.95 bits per heavy atom. The van der Waals surface area contributed by atoms with Crippen LogP contribution in [0.2, 0.25) is 0 Å². The first-order valence-electron chi connectivity index (χ1n) is 13.2.